The van der Waals surface area contributed by atoms with Gasteiger partial charge in [-0.2, -0.15) is 0 Å². The highest BCUT2D eigenvalue weighted by Gasteiger charge is 2.28. The van der Waals surface area contributed by atoms with Crippen LogP contribution < -0.4 is 16.4 Å². The van der Waals surface area contributed by atoms with Crippen LogP contribution in [0.4, 0.5) is 16.0 Å². The highest BCUT2D eigenvalue weighted by Crippen LogP contribution is 2.37. The molecule has 0 aliphatic carbocycles. The molecule has 1 aromatic heterocycles. The molecule has 4 rings (SSSR count). The Kier molecular flexibility index (Phi) is 7.96. The Bertz CT molecular complexity index is 1250. The lowest BCUT2D eigenvalue weighted by Gasteiger charge is -2.36. The third kappa shape index (κ3) is 5.71. The van der Waals surface area contributed by atoms with Crippen molar-refractivity contribution in [2.45, 2.75) is 32.7 Å². The molecule has 0 spiro atoms. The number of hydrogen-bond acceptors (Lipinski definition) is 5. The molecular weight excluding hydrogens is 449 g/mol. The molecule has 0 amide bonds. The number of anilines is 2. The number of hydrogen-bond donors (Lipinski definition) is 2. The summed E-state index contributed by atoms with van der Waals surface area (Å²) in [6.07, 6.45) is 9.59. The molecule has 36 heavy (non-hydrogen) atoms. The van der Waals surface area contributed by atoms with Gasteiger partial charge in [0.15, 0.2) is 0 Å². The van der Waals surface area contributed by atoms with Crippen LogP contribution in [0.3, 0.4) is 0 Å². The average molecular weight is 484 g/mol. The van der Waals surface area contributed by atoms with E-state index in [2.05, 4.69) is 57.9 Å². The molecule has 2 aromatic carbocycles. The first kappa shape index (κ1) is 25.3. The van der Waals surface area contributed by atoms with E-state index in [4.69, 9.17) is 11.5 Å². The van der Waals surface area contributed by atoms with Crippen LogP contribution >= 0.6 is 0 Å². The van der Waals surface area contributed by atoms with E-state index >= 15 is 0 Å². The summed E-state index contributed by atoms with van der Waals surface area (Å²) < 4.78 is 13.5. The second kappa shape index (κ2) is 11.3. The number of nitrogens with two attached hydrogens (primary N) is 2. The summed E-state index contributed by atoms with van der Waals surface area (Å²) in [5.74, 6) is 1.25. The van der Waals surface area contributed by atoms with Crippen molar-refractivity contribution in [1.29, 1.82) is 0 Å². The second-order valence-electron chi connectivity index (χ2n) is 9.36. The number of benzene rings is 2. The molecule has 6 heteroatoms. The molecule has 186 valence electrons. The predicted octanol–water partition coefficient (Wildman–Crippen LogP) is 6.32. The van der Waals surface area contributed by atoms with Gasteiger partial charge < -0.3 is 16.4 Å². The molecule has 1 unspecified atom stereocenters. The standard InChI is InChI=1S/C30H34FN5/c1-4-21(6-5-20(2)3)22-7-9-24(10-8-22)28(32)25-15-17-36(18-16-25)30-27(29(33)34-19-35-30)23-11-13-26(31)14-12-23/h4-14,19,25,28H,2,15-18,32H2,1,3H3,(H2,33,34,35)/b6-5-,21-4+. The van der Waals surface area contributed by atoms with E-state index < -0.39 is 0 Å². The van der Waals surface area contributed by atoms with Gasteiger partial charge in [-0.25, -0.2) is 14.4 Å². The first-order chi connectivity index (χ1) is 17.4. The molecule has 4 N–H and O–H groups in total. The van der Waals surface area contributed by atoms with E-state index in [9.17, 15) is 4.39 Å². The number of halogens is 1. The fraction of sp³-hybridized carbons (Fsp3) is 0.267. The highest BCUT2D eigenvalue weighted by atomic mass is 19.1. The fourth-order valence-electron chi connectivity index (χ4n) is 4.75. The Morgan fingerprint density at radius 3 is 2.33 bits per heavy atom. The Morgan fingerprint density at radius 1 is 1.06 bits per heavy atom. The number of rotatable bonds is 7. The van der Waals surface area contributed by atoms with Gasteiger partial charge in [-0.1, -0.05) is 66.8 Å². The lowest BCUT2D eigenvalue weighted by atomic mass is 9.85. The summed E-state index contributed by atoms with van der Waals surface area (Å²) in [4.78, 5) is 11.0. The van der Waals surface area contributed by atoms with Crippen molar-refractivity contribution in [1.82, 2.24) is 9.97 Å². The number of nitrogen functional groups attached to an aromatic ring is 1. The van der Waals surface area contributed by atoms with Gasteiger partial charge in [0.25, 0.3) is 0 Å². The van der Waals surface area contributed by atoms with E-state index in [1.165, 1.54) is 18.5 Å². The third-order valence-corrected chi connectivity index (χ3v) is 6.82. The molecule has 0 saturated carbocycles. The Labute approximate surface area is 213 Å². The molecule has 3 aromatic rings. The summed E-state index contributed by atoms with van der Waals surface area (Å²) in [6, 6.07) is 14.8. The summed E-state index contributed by atoms with van der Waals surface area (Å²) in [5, 5.41) is 0. The van der Waals surface area contributed by atoms with Crippen LogP contribution in [0.25, 0.3) is 16.7 Å². The van der Waals surface area contributed by atoms with Crippen molar-refractivity contribution in [3.05, 3.63) is 102 Å². The summed E-state index contributed by atoms with van der Waals surface area (Å²) >= 11 is 0. The molecule has 2 heterocycles. The van der Waals surface area contributed by atoms with Crippen LogP contribution in [0.2, 0.25) is 0 Å². The average Bonchev–Trinajstić information content (AvgIpc) is 2.89. The van der Waals surface area contributed by atoms with Gasteiger partial charge in [-0.05, 0) is 67.0 Å². The second-order valence-corrected chi connectivity index (χ2v) is 9.36. The highest BCUT2D eigenvalue weighted by molar-refractivity contribution is 5.84. The van der Waals surface area contributed by atoms with Gasteiger partial charge in [0.2, 0.25) is 0 Å². The Balaban J connectivity index is 1.45. The van der Waals surface area contributed by atoms with E-state index in [1.54, 1.807) is 12.1 Å². The SMILES string of the molecule is C=C(C)/C=C\C(=C/C)c1ccc(C(N)C2CCN(c3ncnc(N)c3-c3ccc(F)cc3)CC2)cc1. The van der Waals surface area contributed by atoms with Crippen LogP contribution in [0, 0.1) is 11.7 Å². The molecule has 1 saturated heterocycles. The zero-order chi connectivity index (χ0) is 25.7. The maximum absolute atomic E-state index is 13.5. The van der Waals surface area contributed by atoms with Crippen molar-refractivity contribution in [3.8, 4) is 11.1 Å². The summed E-state index contributed by atoms with van der Waals surface area (Å²) in [5.41, 5.74) is 19.0. The van der Waals surface area contributed by atoms with E-state index in [0.29, 0.717) is 11.7 Å². The van der Waals surface area contributed by atoms with Crippen molar-refractivity contribution in [2.24, 2.45) is 11.7 Å². The van der Waals surface area contributed by atoms with Crippen molar-refractivity contribution in [2.75, 3.05) is 23.7 Å². The topological polar surface area (TPSA) is 81.1 Å². The first-order valence-corrected chi connectivity index (χ1v) is 12.3. The first-order valence-electron chi connectivity index (χ1n) is 12.3. The fourth-order valence-corrected chi connectivity index (χ4v) is 4.75. The summed E-state index contributed by atoms with van der Waals surface area (Å²) in [6.45, 7) is 9.59. The zero-order valence-corrected chi connectivity index (χ0v) is 21.0. The van der Waals surface area contributed by atoms with Crippen molar-refractivity contribution in [3.63, 3.8) is 0 Å². The van der Waals surface area contributed by atoms with Crippen LogP contribution in [0.15, 0.2) is 85.2 Å². The van der Waals surface area contributed by atoms with Crippen LogP contribution in [-0.4, -0.2) is 23.1 Å². The Hall–Kier alpha value is -3.77. The minimum Gasteiger partial charge on any atom is -0.383 e. The molecule has 1 fully saturated rings. The molecule has 0 bridgehead atoms. The zero-order valence-electron chi connectivity index (χ0n) is 21.0. The number of nitrogens with zero attached hydrogens (tertiary/aromatic N) is 3. The monoisotopic (exact) mass is 483 g/mol. The smallest absolute Gasteiger partial charge is 0.142 e. The molecular formula is C30H34FN5. The maximum Gasteiger partial charge on any atom is 0.142 e. The van der Waals surface area contributed by atoms with Gasteiger partial charge in [0.1, 0.15) is 23.8 Å². The third-order valence-electron chi connectivity index (χ3n) is 6.82. The largest absolute Gasteiger partial charge is 0.383 e. The van der Waals surface area contributed by atoms with E-state index in [1.807, 2.05) is 19.9 Å². The lowest BCUT2D eigenvalue weighted by Crippen LogP contribution is -2.38. The summed E-state index contributed by atoms with van der Waals surface area (Å²) in [7, 11) is 0. The van der Waals surface area contributed by atoms with E-state index in [0.717, 1.165) is 65.1 Å². The van der Waals surface area contributed by atoms with Gasteiger partial charge in [-0.15, -0.1) is 0 Å². The number of piperidine rings is 1. The normalized spacial score (nSPS) is 15.9. The predicted molar refractivity (Wildman–Crippen MR) is 148 cm³/mol. The van der Waals surface area contributed by atoms with E-state index in [-0.39, 0.29) is 11.9 Å². The lowest BCUT2D eigenvalue weighted by molar-refractivity contribution is 0.344. The van der Waals surface area contributed by atoms with Crippen LogP contribution in [-0.2, 0) is 0 Å². The van der Waals surface area contributed by atoms with Crippen LogP contribution in [0.5, 0.6) is 0 Å². The van der Waals surface area contributed by atoms with Crippen LogP contribution in [0.1, 0.15) is 43.9 Å². The minimum absolute atomic E-state index is 0.0340. The van der Waals surface area contributed by atoms with Gasteiger partial charge in [-0.3, -0.25) is 0 Å². The minimum atomic E-state index is -0.288. The van der Waals surface area contributed by atoms with Gasteiger partial charge >= 0.3 is 0 Å². The number of aromatic nitrogens is 2. The maximum atomic E-state index is 13.5. The molecule has 1 aliphatic rings. The Morgan fingerprint density at radius 2 is 1.72 bits per heavy atom. The molecule has 1 aliphatic heterocycles. The molecule has 1 atom stereocenters. The quantitative estimate of drug-likeness (QED) is 0.385. The van der Waals surface area contributed by atoms with Gasteiger partial charge in [0, 0.05) is 19.1 Å². The van der Waals surface area contributed by atoms with Crippen molar-refractivity contribution < 1.29 is 4.39 Å². The molecule has 5 nitrogen and oxygen atoms in total. The molecule has 0 radical (unpaired) electrons. The van der Waals surface area contributed by atoms with Crippen molar-refractivity contribution >= 4 is 17.2 Å². The van der Waals surface area contributed by atoms with Gasteiger partial charge in [0.05, 0.1) is 5.56 Å². The number of allylic oxidation sites excluding steroid dienone is 5.